The fraction of sp³-hybridized carbons (Fsp3) is 0.158. The lowest BCUT2D eigenvalue weighted by Crippen LogP contribution is -2.35. The molecule has 4 nitrogen and oxygen atoms in total. The molecule has 0 spiro atoms. The number of hydrogen-bond acceptors (Lipinski definition) is 5. The maximum atomic E-state index is 4.84. The van der Waals surface area contributed by atoms with Crippen LogP contribution < -0.4 is 10.6 Å². The van der Waals surface area contributed by atoms with Crippen molar-refractivity contribution in [2.24, 2.45) is 4.99 Å². The van der Waals surface area contributed by atoms with E-state index in [4.69, 9.17) is 4.98 Å². The largest absolute Gasteiger partial charge is 0.356 e. The van der Waals surface area contributed by atoms with Crippen molar-refractivity contribution in [3.05, 3.63) is 60.7 Å². The minimum absolute atomic E-state index is 0.814. The maximum absolute atomic E-state index is 4.84. The quantitative estimate of drug-likeness (QED) is 0.753. The molecule has 1 aliphatic rings. The van der Waals surface area contributed by atoms with Crippen LogP contribution in [0.2, 0.25) is 0 Å². The molecule has 2 N–H and O–H groups in total. The fourth-order valence-corrected chi connectivity index (χ4v) is 3.66. The van der Waals surface area contributed by atoms with E-state index in [0.717, 1.165) is 41.9 Å². The number of hydrogen-bond donors (Lipinski definition) is 2. The Morgan fingerprint density at radius 1 is 0.917 bits per heavy atom. The van der Waals surface area contributed by atoms with Gasteiger partial charge in [-0.25, -0.2) is 4.98 Å². The van der Waals surface area contributed by atoms with Gasteiger partial charge >= 0.3 is 0 Å². The van der Waals surface area contributed by atoms with E-state index in [1.165, 1.54) is 10.4 Å². The summed E-state index contributed by atoms with van der Waals surface area (Å²) in [6.07, 6.45) is 1.08. The highest BCUT2D eigenvalue weighted by Crippen LogP contribution is 2.38. The van der Waals surface area contributed by atoms with Gasteiger partial charge in [0.1, 0.15) is 0 Å². The van der Waals surface area contributed by atoms with Gasteiger partial charge in [0.2, 0.25) is 0 Å². The van der Waals surface area contributed by atoms with Crippen LogP contribution in [0.25, 0.3) is 21.7 Å². The zero-order valence-electron chi connectivity index (χ0n) is 13.2. The van der Waals surface area contributed by atoms with Crippen LogP contribution in [0.1, 0.15) is 6.42 Å². The molecule has 0 atom stereocenters. The first-order valence-corrected chi connectivity index (χ1v) is 8.89. The van der Waals surface area contributed by atoms with Crippen molar-refractivity contribution in [2.75, 3.05) is 18.4 Å². The number of anilines is 1. The average molecular weight is 334 g/mol. The van der Waals surface area contributed by atoms with Gasteiger partial charge in [0.15, 0.2) is 11.1 Å². The molecule has 0 saturated carbocycles. The van der Waals surface area contributed by atoms with Crippen molar-refractivity contribution in [1.29, 1.82) is 0 Å². The number of benzene rings is 2. The van der Waals surface area contributed by atoms with Gasteiger partial charge in [-0.15, -0.1) is 0 Å². The van der Waals surface area contributed by atoms with Crippen LogP contribution in [-0.4, -0.2) is 24.0 Å². The Bertz CT molecular complexity index is 783. The van der Waals surface area contributed by atoms with Crippen LogP contribution in [0.5, 0.6) is 0 Å². The fourth-order valence-electron chi connectivity index (χ4n) is 2.67. The van der Waals surface area contributed by atoms with Crippen molar-refractivity contribution < 1.29 is 0 Å². The van der Waals surface area contributed by atoms with Crippen LogP contribution in [0, 0.1) is 0 Å². The molecular weight excluding hydrogens is 316 g/mol. The van der Waals surface area contributed by atoms with E-state index in [1.807, 2.05) is 24.3 Å². The first-order valence-electron chi connectivity index (χ1n) is 8.07. The molecule has 3 aromatic rings. The lowest BCUT2D eigenvalue weighted by molar-refractivity contribution is 0.740. The lowest BCUT2D eigenvalue weighted by atomic mass is 10.1. The van der Waals surface area contributed by atoms with Gasteiger partial charge in [-0.2, -0.15) is 0 Å². The summed E-state index contributed by atoms with van der Waals surface area (Å²) in [6.45, 7) is 1.81. The van der Waals surface area contributed by atoms with E-state index < -0.39 is 0 Å². The van der Waals surface area contributed by atoms with E-state index in [9.17, 15) is 0 Å². The highest BCUT2D eigenvalue weighted by molar-refractivity contribution is 7.19. The minimum atomic E-state index is 0.814. The summed E-state index contributed by atoms with van der Waals surface area (Å²) in [6, 6.07) is 20.7. The third-order valence-corrected chi connectivity index (χ3v) is 4.85. The molecule has 0 saturated heterocycles. The SMILES string of the molecule is c1ccc(-c2nc(NC3=NCCCN3)sc2-c2ccccc2)cc1. The van der Waals surface area contributed by atoms with Crippen LogP contribution >= 0.6 is 11.3 Å². The van der Waals surface area contributed by atoms with Gasteiger partial charge in [0.05, 0.1) is 10.6 Å². The van der Waals surface area contributed by atoms with Crippen molar-refractivity contribution in [3.63, 3.8) is 0 Å². The summed E-state index contributed by atoms with van der Waals surface area (Å²) in [4.78, 5) is 10.5. The van der Waals surface area contributed by atoms with Crippen molar-refractivity contribution in [2.45, 2.75) is 6.42 Å². The van der Waals surface area contributed by atoms with Gasteiger partial charge in [0.25, 0.3) is 0 Å². The first-order chi connectivity index (χ1) is 11.9. The highest BCUT2D eigenvalue weighted by Gasteiger charge is 2.16. The summed E-state index contributed by atoms with van der Waals surface area (Å²) in [5.41, 5.74) is 3.31. The second-order valence-corrected chi connectivity index (χ2v) is 6.56. The molecule has 0 bridgehead atoms. The molecule has 0 aliphatic carbocycles. The van der Waals surface area contributed by atoms with Crippen molar-refractivity contribution >= 4 is 22.4 Å². The smallest absolute Gasteiger partial charge is 0.197 e. The molecule has 2 heterocycles. The third kappa shape index (κ3) is 3.16. The monoisotopic (exact) mass is 334 g/mol. The lowest BCUT2D eigenvalue weighted by Gasteiger charge is -2.14. The van der Waals surface area contributed by atoms with E-state index in [1.54, 1.807) is 11.3 Å². The van der Waals surface area contributed by atoms with Crippen LogP contribution in [0.15, 0.2) is 65.7 Å². The molecule has 2 aromatic carbocycles. The van der Waals surface area contributed by atoms with Gasteiger partial charge in [-0.1, -0.05) is 72.0 Å². The van der Waals surface area contributed by atoms with Crippen LogP contribution in [0.4, 0.5) is 5.13 Å². The molecular formula is C19H18N4S. The van der Waals surface area contributed by atoms with Gasteiger partial charge in [-0.05, 0) is 12.0 Å². The molecule has 0 unspecified atom stereocenters. The number of aromatic nitrogens is 1. The molecule has 1 aliphatic heterocycles. The van der Waals surface area contributed by atoms with Gasteiger partial charge in [-0.3, -0.25) is 4.99 Å². The molecule has 120 valence electrons. The molecule has 24 heavy (non-hydrogen) atoms. The molecule has 0 radical (unpaired) electrons. The Labute approximate surface area is 145 Å². The molecule has 0 fully saturated rings. The number of nitrogens with one attached hydrogen (secondary N) is 2. The average Bonchev–Trinajstić information content (AvgIpc) is 3.08. The second kappa shape index (κ2) is 6.84. The molecule has 1 aromatic heterocycles. The Morgan fingerprint density at radius 3 is 2.29 bits per heavy atom. The predicted octanol–water partition coefficient (Wildman–Crippen LogP) is 4.24. The number of thiazole rings is 1. The zero-order chi connectivity index (χ0) is 16.2. The number of guanidine groups is 1. The van der Waals surface area contributed by atoms with Crippen molar-refractivity contribution in [1.82, 2.24) is 10.3 Å². The number of rotatable bonds is 3. The molecule has 5 heteroatoms. The minimum Gasteiger partial charge on any atom is -0.356 e. The van der Waals surface area contributed by atoms with Crippen LogP contribution in [0.3, 0.4) is 0 Å². The zero-order valence-corrected chi connectivity index (χ0v) is 14.0. The number of aliphatic imine (C=N–C) groups is 1. The summed E-state index contributed by atoms with van der Waals surface area (Å²) >= 11 is 1.66. The van der Waals surface area contributed by atoms with E-state index in [0.29, 0.717) is 0 Å². The van der Waals surface area contributed by atoms with E-state index in [-0.39, 0.29) is 0 Å². The maximum Gasteiger partial charge on any atom is 0.197 e. The summed E-state index contributed by atoms with van der Waals surface area (Å²) in [7, 11) is 0. The highest BCUT2D eigenvalue weighted by atomic mass is 32.1. The summed E-state index contributed by atoms with van der Waals surface area (Å²) in [5.74, 6) is 0.814. The Balaban J connectivity index is 1.75. The summed E-state index contributed by atoms with van der Waals surface area (Å²) in [5, 5.41) is 7.47. The predicted molar refractivity (Wildman–Crippen MR) is 102 cm³/mol. The Hall–Kier alpha value is -2.66. The first kappa shape index (κ1) is 14.9. The Morgan fingerprint density at radius 2 is 1.62 bits per heavy atom. The summed E-state index contributed by atoms with van der Waals surface area (Å²) < 4.78 is 0. The van der Waals surface area contributed by atoms with Gasteiger partial charge in [0, 0.05) is 18.7 Å². The normalized spacial score (nSPS) is 13.9. The number of nitrogens with zero attached hydrogens (tertiary/aromatic N) is 2. The van der Waals surface area contributed by atoms with Crippen LogP contribution in [-0.2, 0) is 0 Å². The Kier molecular flexibility index (Phi) is 4.25. The topological polar surface area (TPSA) is 49.3 Å². The van der Waals surface area contributed by atoms with Crippen molar-refractivity contribution in [3.8, 4) is 21.7 Å². The second-order valence-electron chi connectivity index (χ2n) is 5.56. The van der Waals surface area contributed by atoms with Gasteiger partial charge < -0.3 is 10.6 Å². The van der Waals surface area contributed by atoms with E-state index in [2.05, 4.69) is 52.0 Å². The molecule has 4 rings (SSSR count). The third-order valence-electron chi connectivity index (χ3n) is 3.83. The standard InChI is InChI=1S/C19H18N4S/c1-3-8-14(9-4-1)16-17(15-10-5-2-6-11-15)24-19(22-16)23-18-20-12-7-13-21-18/h1-6,8-11H,7,12-13H2,(H2,20,21,22,23). The van der Waals surface area contributed by atoms with E-state index >= 15 is 0 Å². The molecule has 0 amide bonds.